The van der Waals surface area contributed by atoms with Crippen molar-refractivity contribution in [2.45, 2.75) is 12.1 Å². The Morgan fingerprint density at radius 1 is 1.29 bits per heavy atom. The fourth-order valence-electron chi connectivity index (χ4n) is 2.78. The Morgan fingerprint density at radius 2 is 2.14 bits per heavy atom. The van der Waals surface area contributed by atoms with Crippen molar-refractivity contribution in [3.05, 3.63) is 60.4 Å². The van der Waals surface area contributed by atoms with Crippen LogP contribution in [0.25, 0.3) is 15.9 Å². The molecule has 1 N–H and O–H groups in total. The van der Waals surface area contributed by atoms with E-state index in [4.69, 9.17) is 4.74 Å². The van der Waals surface area contributed by atoms with Crippen molar-refractivity contribution in [2.24, 2.45) is 0 Å². The number of ether oxygens (including phenoxy) is 1. The van der Waals surface area contributed by atoms with Crippen molar-refractivity contribution >= 4 is 44.4 Å². The Morgan fingerprint density at radius 3 is 2.96 bits per heavy atom. The Kier molecular flexibility index (Phi) is 5.31. The third-order valence-electron chi connectivity index (χ3n) is 4.07. The van der Waals surface area contributed by atoms with Gasteiger partial charge in [0, 0.05) is 12.4 Å². The molecule has 0 radical (unpaired) electrons. The molecule has 2 aromatic carbocycles. The molecule has 0 unspecified atom stereocenters. The van der Waals surface area contributed by atoms with Crippen LogP contribution in [0.4, 0.5) is 5.13 Å². The average molecular weight is 411 g/mol. The highest BCUT2D eigenvalue weighted by Gasteiger charge is 2.14. The van der Waals surface area contributed by atoms with Crippen LogP contribution in [0.1, 0.15) is 5.56 Å². The Bertz CT molecular complexity index is 1100. The first-order valence-electron chi connectivity index (χ1n) is 8.60. The van der Waals surface area contributed by atoms with Gasteiger partial charge >= 0.3 is 0 Å². The van der Waals surface area contributed by atoms with Gasteiger partial charge in [-0.05, 0) is 36.8 Å². The highest BCUT2D eigenvalue weighted by Crippen LogP contribution is 2.29. The first-order chi connectivity index (χ1) is 13.6. The van der Waals surface area contributed by atoms with E-state index in [0.717, 1.165) is 32.4 Å². The van der Waals surface area contributed by atoms with Crippen LogP contribution in [0, 0.1) is 6.92 Å². The van der Waals surface area contributed by atoms with E-state index in [2.05, 4.69) is 15.3 Å². The number of imidazole rings is 1. The van der Waals surface area contributed by atoms with Crippen LogP contribution in [0.15, 0.2) is 60.0 Å². The van der Waals surface area contributed by atoms with Gasteiger partial charge in [-0.1, -0.05) is 41.3 Å². The predicted octanol–water partition coefficient (Wildman–Crippen LogP) is 4.53. The number of nitrogens with zero attached hydrogens (tertiary/aromatic N) is 3. The topological polar surface area (TPSA) is 69.0 Å². The summed E-state index contributed by atoms with van der Waals surface area (Å²) in [5, 5.41) is 4.20. The summed E-state index contributed by atoms with van der Waals surface area (Å²) in [5.41, 5.74) is 2.90. The molecule has 0 atom stereocenters. The highest BCUT2D eigenvalue weighted by molar-refractivity contribution is 7.99. The molecule has 0 saturated heterocycles. The third-order valence-corrected chi connectivity index (χ3v) is 5.99. The summed E-state index contributed by atoms with van der Waals surface area (Å²) in [6, 6.07) is 13.8. The number of aryl methyl sites for hydroxylation is 1. The number of anilines is 1. The number of carbonyl (C=O) groups is 1. The largest absolute Gasteiger partial charge is 0.495 e. The molecule has 0 saturated carbocycles. The number of benzene rings is 2. The second kappa shape index (κ2) is 8.04. The molecular weight excluding hydrogens is 392 g/mol. The van der Waals surface area contributed by atoms with Crippen LogP contribution in [-0.2, 0) is 4.79 Å². The van der Waals surface area contributed by atoms with E-state index in [1.54, 1.807) is 13.3 Å². The van der Waals surface area contributed by atoms with Gasteiger partial charge in [-0.3, -0.25) is 9.36 Å². The third kappa shape index (κ3) is 3.88. The van der Waals surface area contributed by atoms with Gasteiger partial charge in [-0.15, -0.1) is 0 Å². The van der Waals surface area contributed by atoms with Crippen LogP contribution < -0.4 is 10.1 Å². The van der Waals surface area contributed by atoms with Gasteiger partial charge in [0.2, 0.25) is 5.91 Å². The van der Waals surface area contributed by atoms with Gasteiger partial charge in [-0.2, -0.15) is 0 Å². The number of amides is 1. The van der Waals surface area contributed by atoms with E-state index in [0.29, 0.717) is 5.13 Å². The number of fused-ring (bicyclic) bond motifs is 1. The standard InChI is InChI=1S/C20H18N4O2S2/c1-13-7-8-16(26-2)15(11-13)24-10-9-21-20(24)27-12-18(25)23-19-22-14-5-3-4-6-17(14)28-19/h3-11H,12H2,1-2H3,(H,22,23,25). The molecule has 6 nitrogen and oxygen atoms in total. The normalized spacial score (nSPS) is 10.9. The van der Waals surface area contributed by atoms with E-state index < -0.39 is 0 Å². The van der Waals surface area contributed by atoms with Crippen molar-refractivity contribution in [3.63, 3.8) is 0 Å². The monoisotopic (exact) mass is 410 g/mol. The van der Waals surface area contributed by atoms with E-state index in [9.17, 15) is 4.79 Å². The predicted molar refractivity (Wildman–Crippen MR) is 114 cm³/mol. The van der Waals surface area contributed by atoms with Gasteiger partial charge in [-0.25, -0.2) is 9.97 Å². The smallest absolute Gasteiger partial charge is 0.236 e. The number of carbonyl (C=O) groups excluding carboxylic acids is 1. The van der Waals surface area contributed by atoms with E-state index in [1.807, 2.05) is 60.2 Å². The lowest BCUT2D eigenvalue weighted by Crippen LogP contribution is -2.14. The molecule has 0 aliphatic heterocycles. The average Bonchev–Trinajstić information content (AvgIpc) is 3.32. The minimum atomic E-state index is -0.116. The molecule has 2 aromatic heterocycles. The molecule has 0 spiro atoms. The van der Waals surface area contributed by atoms with Crippen molar-refractivity contribution in [1.82, 2.24) is 14.5 Å². The number of methoxy groups -OCH3 is 1. The van der Waals surface area contributed by atoms with Gasteiger partial charge in [0.05, 0.1) is 28.8 Å². The van der Waals surface area contributed by atoms with Crippen LogP contribution in [0.2, 0.25) is 0 Å². The molecule has 0 bridgehead atoms. The Hall–Kier alpha value is -2.84. The SMILES string of the molecule is COc1ccc(C)cc1-n1ccnc1SCC(=O)Nc1nc2ccccc2s1. The maximum atomic E-state index is 12.4. The molecule has 2 heterocycles. The molecule has 1 amide bonds. The number of para-hydroxylation sites is 1. The summed E-state index contributed by atoms with van der Waals surface area (Å²) in [7, 11) is 1.64. The minimum absolute atomic E-state index is 0.116. The van der Waals surface area contributed by atoms with Gasteiger partial charge in [0.1, 0.15) is 5.75 Å². The maximum absolute atomic E-state index is 12.4. The molecule has 4 aromatic rings. The summed E-state index contributed by atoms with van der Waals surface area (Å²) in [6.45, 7) is 2.03. The fraction of sp³-hybridized carbons (Fsp3) is 0.150. The zero-order chi connectivity index (χ0) is 19.5. The van der Waals surface area contributed by atoms with E-state index in [-0.39, 0.29) is 11.7 Å². The number of thioether (sulfide) groups is 1. The van der Waals surface area contributed by atoms with Crippen LogP contribution >= 0.6 is 23.1 Å². The van der Waals surface area contributed by atoms with Gasteiger partial charge in [0.25, 0.3) is 0 Å². The lowest BCUT2D eigenvalue weighted by atomic mass is 10.2. The Balaban J connectivity index is 1.46. The Labute approximate surface area is 170 Å². The zero-order valence-electron chi connectivity index (χ0n) is 15.4. The number of thiazole rings is 1. The van der Waals surface area contributed by atoms with Gasteiger partial charge in [0.15, 0.2) is 10.3 Å². The van der Waals surface area contributed by atoms with E-state index in [1.165, 1.54) is 23.1 Å². The number of rotatable bonds is 6. The second-order valence-corrected chi connectivity index (χ2v) is 8.05. The molecule has 0 fully saturated rings. The first-order valence-corrected chi connectivity index (χ1v) is 10.4. The van der Waals surface area contributed by atoms with E-state index >= 15 is 0 Å². The number of hydrogen-bond donors (Lipinski definition) is 1. The molecule has 4 rings (SSSR count). The quantitative estimate of drug-likeness (QED) is 0.473. The van der Waals surface area contributed by atoms with Crippen LogP contribution in [0.5, 0.6) is 5.75 Å². The number of aromatic nitrogens is 3. The fourth-order valence-corrected chi connectivity index (χ4v) is 4.43. The molecule has 142 valence electrons. The number of hydrogen-bond acceptors (Lipinski definition) is 6. The lowest BCUT2D eigenvalue weighted by Gasteiger charge is -2.12. The maximum Gasteiger partial charge on any atom is 0.236 e. The molecule has 28 heavy (non-hydrogen) atoms. The van der Waals surface area contributed by atoms with Crippen LogP contribution in [0.3, 0.4) is 0 Å². The summed E-state index contributed by atoms with van der Waals surface area (Å²) >= 11 is 2.83. The summed E-state index contributed by atoms with van der Waals surface area (Å²) in [4.78, 5) is 21.2. The summed E-state index contributed by atoms with van der Waals surface area (Å²) < 4.78 is 8.45. The first kappa shape index (κ1) is 18.5. The molecular formula is C20H18N4O2S2. The zero-order valence-corrected chi connectivity index (χ0v) is 17.0. The van der Waals surface area contributed by atoms with Crippen molar-refractivity contribution < 1.29 is 9.53 Å². The summed E-state index contributed by atoms with van der Waals surface area (Å²) in [5.74, 6) is 0.875. The minimum Gasteiger partial charge on any atom is -0.495 e. The summed E-state index contributed by atoms with van der Waals surface area (Å²) in [6.07, 6.45) is 3.58. The van der Waals surface area contributed by atoms with Gasteiger partial charge < -0.3 is 10.1 Å². The molecule has 8 heteroatoms. The van der Waals surface area contributed by atoms with Crippen molar-refractivity contribution in [3.8, 4) is 11.4 Å². The second-order valence-electron chi connectivity index (χ2n) is 6.08. The van der Waals surface area contributed by atoms with Crippen molar-refractivity contribution in [2.75, 3.05) is 18.2 Å². The number of nitrogens with one attached hydrogen (secondary N) is 1. The van der Waals surface area contributed by atoms with Crippen LogP contribution in [-0.4, -0.2) is 33.3 Å². The molecule has 0 aliphatic rings. The molecule has 0 aliphatic carbocycles. The van der Waals surface area contributed by atoms with Crippen molar-refractivity contribution in [1.29, 1.82) is 0 Å². The highest BCUT2D eigenvalue weighted by atomic mass is 32.2. The lowest BCUT2D eigenvalue weighted by molar-refractivity contribution is -0.113.